The highest BCUT2D eigenvalue weighted by atomic mass is 35.5. The zero-order valence-electron chi connectivity index (χ0n) is 9.43. The van der Waals surface area contributed by atoms with E-state index >= 15 is 0 Å². The second kappa shape index (κ2) is 5.75. The molecule has 0 saturated carbocycles. The van der Waals surface area contributed by atoms with Crippen LogP contribution in [0.5, 0.6) is 11.5 Å². The first-order valence-corrected chi connectivity index (χ1v) is 5.13. The summed E-state index contributed by atoms with van der Waals surface area (Å²) >= 11 is 0. The standard InChI is InChI=1S/C11H14N2O3.ClH/c1-7(12)11(14)13-8-2-3-9-10(6-8)16-5-4-15-9;/h2-3,6-7H,4-5,12H2,1H3,(H,13,14);1H. The highest BCUT2D eigenvalue weighted by Gasteiger charge is 2.13. The number of hydrogen-bond donors (Lipinski definition) is 2. The van der Waals surface area contributed by atoms with Gasteiger partial charge in [-0.2, -0.15) is 0 Å². The first kappa shape index (κ1) is 13.6. The highest BCUT2D eigenvalue weighted by molar-refractivity contribution is 5.94. The van der Waals surface area contributed by atoms with Gasteiger partial charge in [-0.25, -0.2) is 0 Å². The topological polar surface area (TPSA) is 73.6 Å². The maximum atomic E-state index is 11.4. The zero-order chi connectivity index (χ0) is 11.5. The van der Waals surface area contributed by atoms with Gasteiger partial charge in [0.2, 0.25) is 5.91 Å². The Balaban J connectivity index is 0.00000144. The molecule has 1 aromatic carbocycles. The Morgan fingerprint density at radius 1 is 1.35 bits per heavy atom. The van der Waals surface area contributed by atoms with Crippen molar-refractivity contribution in [1.82, 2.24) is 0 Å². The molecule has 17 heavy (non-hydrogen) atoms. The van der Waals surface area contributed by atoms with Gasteiger partial charge in [0.1, 0.15) is 13.2 Å². The number of carbonyl (C=O) groups is 1. The van der Waals surface area contributed by atoms with Gasteiger partial charge in [-0.05, 0) is 19.1 Å². The molecular weight excluding hydrogens is 244 g/mol. The molecule has 0 aromatic heterocycles. The van der Waals surface area contributed by atoms with Gasteiger partial charge >= 0.3 is 0 Å². The highest BCUT2D eigenvalue weighted by Crippen LogP contribution is 2.32. The third kappa shape index (κ3) is 3.25. The molecule has 1 aliphatic rings. The molecule has 0 radical (unpaired) electrons. The van der Waals surface area contributed by atoms with Crippen LogP contribution >= 0.6 is 12.4 Å². The molecule has 1 unspecified atom stereocenters. The molecule has 1 aromatic rings. The average Bonchev–Trinajstić information content (AvgIpc) is 2.28. The summed E-state index contributed by atoms with van der Waals surface area (Å²) in [7, 11) is 0. The fourth-order valence-electron chi connectivity index (χ4n) is 1.38. The first-order valence-electron chi connectivity index (χ1n) is 5.13. The van der Waals surface area contributed by atoms with Gasteiger partial charge in [-0.15, -0.1) is 12.4 Å². The lowest BCUT2D eigenvalue weighted by Crippen LogP contribution is -2.32. The number of carbonyl (C=O) groups excluding carboxylic acids is 1. The maximum absolute atomic E-state index is 11.4. The van der Waals surface area contributed by atoms with E-state index in [0.717, 1.165) is 0 Å². The van der Waals surface area contributed by atoms with Gasteiger partial charge < -0.3 is 20.5 Å². The lowest BCUT2D eigenvalue weighted by molar-refractivity contribution is -0.117. The summed E-state index contributed by atoms with van der Waals surface area (Å²) in [6, 6.07) is 4.72. The predicted molar refractivity (Wildman–Crippen MR) is 67.0 cm³/mol. The minimum atomic E-state index is -0.534. The molecule has 1 atom stereocenters. The van der Waals surface area contributed by atoms with Gasteiger partial charge in [0.05, 0.1) is 6.04 Å². The maximum Gasteiger partial charge on any atom is 0.241 e. The van der Waals surface area contributed by atoms with Gasteiger partial charge in [0, 0.05) is 11.8 Å². The molecule has 5 nitrogen and oxygen atoms in total. The van der Waals surface area contributed by atoms with Crippen molar-refractivity contribution in [3.05, 3.63) is 18.2 Å². The Hall–Kier alpha value is -1.46. The van der Waals surface area contributed by atoms with Crippen molar-refractivity contribution in [3.63, 3.8) is 0 Å². The summed E-state index contributed by atoms with van der Waals surface area (Å²) in [5, 5.41) is 2.69. The van der Waals surface area contributed by atoms with Crippen LogP contribution in [0.3, 0.4) is 0 Å². The molecule has 1 aliphatic heterocycles. The molecule has 3 N–H and O–H groups in total. The van der Waals surface area contributed by atoms with Crippen molar-refractivity contribution in [2.24, 2.45) is 5.73 Å². The van der Waals surface area contributed by atoms with E-state index in [0.29, 0.717) is 30.4 Å². The second-order valence-electron chi connectivity index (χ2n) is 3.64. The number of ether oxygens (including phenoxy) is 2. The molecule has 0 saturated heterocycles. The van der Waals surface area contributed by atoms with E-state index in [1.807, 2.05) is 0 Å². The third-order valence-corrected chi connectivity index (χ3v) is 2.22. The van der Waals surface area contributed by atoms with E-state index < -0.39 is 6.04 Å². The van der Waals surface area contributed by atoms with Crippen LogP contribution in [0.25, 0.3) is 0 Å². The quantitative estimate of drug-likeness (QED) is 0.835. The summed E-state index contributed by atoms with van der Waals surface area (Å²) in [4.78, 5) is 11.4. The largest absolute Gasteiger partial charge is 0.486 e. The number of benzene rings is 1. The number of anilines is 1. The summed E-state index contributed by atoms with van der Waals surface area (Å²) in [5.41, 5.74) is 6.11. The van der Waals surface area contributed by atoms with E-state index in [1.54, 1.807) is 25.1 Å². The molecule has 0 fully saturated rings. The molecule has 1 amide bonds. The normalized spacial score (nSPS) is 14.5. The van der Waals surface area contributed by atoms with E-state index in [1.165, 1.54) is 0 Å². The lowest BCUT2D eigenvalue weighted by atomic mass is 10.2. The summed E-state index contributed by atoms with van der Waals surface area (Å²) in [6.45, 7) is 2.71. The molecule has 94 valence electrons. The van der Waals surface area contributed by atoms with Crippen molar-refractivity contribution < 1.29 is 14.3 Å². The van der Waals surface area contributed by atoms with Crippen LogP contribution in [-0.4, -0.2) is 25.2 Å². The van der Waals surface area contributed by atoms with Crippen molar-refractivity contribution >= 4 is 24.0 Å². The zero-order valence-corrected chi connectivity index (χ0v) is 10.3. The number of hydrogen-bond acceptors (Lipinski definition) is 4. The molecule has 6 heteroatoms. The molecule has 0 spiro atoms. The van der Waals surface area contributed by atoms with Crippen LogP contribution < -0.4 is 20.5 Å². The van der Waals surface area contributed by atoms with E-state index in [4.69, 9.17) is 15.2 Å². The Morgan fingerprint density at radius 3 is 2.65 bits per heavy atom. The summed E-state index contributed by atoms with van der Waals surface area (Å²) < 4.78 is 10.8. The molecular formula is C11H15ClN2O3. The van der Waals surface area contributed by atoms with Crippen molar-refractivity contribution in [2.75, 3.05) is 18.5 Å². The lowest BCUT2D eigenvalue weighted by Gasteiger charge is -2.19. The minimum Gasteiger partial charge on any atom is -0.486 e. The Morgan fingerprint density at radius 2 is 2.00 bits per heavy atom. The van der Waals surface area contributed by atoms with Crippen molar-refractivity contribution in [3.8, 4) is 11.5 Å². The van der Waals surface area contributed by atoms with Crippen molar-refractivity contribution in [1.29, 1.82) is 0 Å². The number of amides is 1. The van der Waals surface area contributed by atoms with Gasteiger partial charge in [0.25, 0.3) is 0 Å². The third-order valence-electron chi connectivity index (χ3n) is 2.22. The smallest absolute Gasteiger partial charge is 0.241 e. The second-order valence-corrected chi connectivity index (χ2v) is 3.64. The fourth-order valence-corrected chi connectivity index (χ4v) is 1.38. The van der Waals surface area contributed by atoms with E-state index in [2.05, 4.69) is 5.32 Å². The van der Waals surface area contributed by atoms with Crippen LogP contribution in [0.2, 0.25) is 0 Å². The number of halogens is 1. The fraction of sp³-hybridized carbons (Fsp3) is 0.364. The van der Waals surface area contributed by atoms with Crippen LogP contribution in [-0.2, 0) is 4.79 Å². The van der Waals surface area contributed by atoms with Crippen molar-refractivity contribution in [2.45, 2.75) is 13.0 Å². The minimum absolute atomic E-state index is 0. The van der Waals surface area contributed by atoms with Gasteiger partial charge in [0.15, 0.2) is 11.5 Å². The molecule has 0 bridgehead atoms. The first-order chi connectivity index (χ1) is 7.66. The van der Waals surface area contributed by atoms with E-state index in [9.17, 15) is 4.79 Å². The van der Waals surface area contributed by atoms with Gasteiger partial charge in [-0.3, -0.25) is 4.79 Å². The predicted octanol–water partition coefficient (Wildman–Crippen LogP) is 1.17. The van der Waals surface area contributed by atoms with Crippen LogP contribution in [0.15, 0.2) is 18.2 Å². The summed E-state index contributed by atoms with van der Waals surface area (Å²) in [6.07, 6.45) is 0. The van der Waals surface area contributed by atoms with Crippen LogP contribution in [0.1, 0.15) is 6.92 Å². The molecule has 0 aliphatic carbocycles. The number of fused-ring (bicyclic) bond motifs is 1. The Labute approximate surface area is 106 Å². The molecule has 2 rings (SSSR count). The molecule has 1 heterocycles. The SMILES string of the molecule is CC(N)C(=O)Nc1ccc2c(c1)OCCO2.Cl. The van der Waals surface area contributed by atoms with E-state index in [-0.39, 0.29) is 18.3 Å². The average molecular weight is 259 g/mol. The Kier molecular flexibility index (Phi) is 4.60. The number of nitrogens with two attached hydrogens (primary N) is 1. The Bertz CT molecular complexity index is 410. The number of nitrogens with one attached hydrogen (secondary N) is 1. The van der Waals surface area contributed by atoms with Gasteiger partial charge in [-0.1, -0.05) is 0 Å². The summed E-state index contributed by atoms with van der Waals surface area (Å²) in [5.74, 6) is 1.12. The van der Waals surface area contributed by atoms with Crippen LogP contribution in [0.4, 0.5) is 5.69 Å². The monoisotopic (exact) mass is 258 g/mol. The number of rotatable bonds is 2. The van der Waals surface area contributed by atoms with Crippen LogP contribution in [0, 0.1) is 0 Å².